The standard InChI is InChI=1S/C22H25N3O3S/c1-28-20-9-7-18(8-10-20)14-25-19(15-26)13-24-22(25)29-16-21(27)23-12-11-17-5-3-2-4-6-17/h2-10,13,26H,11-12,14-16H2,1H3,(H,23,27). The molecule has 2 N–H and O–H groups in total. The predicted octanol–water partition coefficient (Wildman–Crippen LogP) is 2.88. The molecule has 0 fully saturated rings. The number of aliphatic hydroxyl groups is 1. The fraction of sp³-hybridized carbons (Fsp3) is 0.273. The maximum atomic E-state index is 12.2. The second-order valence-corrected chi connectivity index (χ2v) is 7.44. The number of nitrogens with one attached hydrogen (secondary N) is 1. The lowest BCUT2D eigenvalue weighted by Crippen LogP contribution is -2.27. The second kappa shape index (κ2) is 10.7. The maximum Gasteiger partial charge on any atom is 0.230 e. The SMILES string of the molecule is COc1ccc(Cn2c(CO)cnc2SCC(=O)NCCc2ccccc2)cc1. The maximum absolute atomic E-state index is 12.2. The van der Waals surface area contributed by atoms with Crippen molar-refractivity contribution in [2.24, 2.45) is 0 Å². The van der Waals surface area contributed by atoms with Crippen LogP contribution in [0.1, 0.15) is 16.8 Å². The third kappa shape index (κ3) is 6.10. The van der Waals surface area contributed by atoms with Gasteiger partial charge in [-0.05, 0) is 29.7 Å². The van der Waals surface area contributed by atoms with Crippen LogP contribution in [0.25, 0.3) is 0 Å². The number of benzene rings is 2. The number of imidazole rings is 1. The number of aliphatic hydroxyl groups excluding tert-OH is 1. The minimum absolute atomic E-state index is 0.0320. The number of methoxy groups -OCH3 is 1. The lowest BCUT2D eigenvalue weighted by atomic mass is 10.1. The summed E-state index contributed by atoms with van der Waals surface area (Å²) in [6, 6.07) is 17.8. The summed E-state index contributed by atoms with van der Waals surface area (Å²) >= 11 is 1.37. The van der Waals surface area contributed by atoms with Crippen LogP contribution in [0.15, 0.2) is 66.0 Å². The third-order valence-corrected chi connectivity index (χ3v) is 5.46. The van der Waals surface area contributed by atoms with Crippen molar-refractivity contribution in [2.45, 2.75) is 24.7 Å². The summed E-state index contributed by atoms with van der Waals surface area (Å²) in [5, 5.41) is 13.3. The van der Waals surface area contributed by atoms with Gasteiger partial charge in [-0.15, -0.1) is 0 Å². The highest BCUT2D eigenvalue weighted by molar-refractivity contribution is 7.99. The molecule has 3 rings (SSSR count). The van der Waals surface area contributed by atoms with Gasteiger partial charge in [0.15, 0.2) is 5.16 Å². The van der Waals surface area contributed by atoms with Crippen molar-refractivity contribution in [3.63, 3.8) is 0 Å². The molecule has 7 heteroatoms. The van der Waals surface area contributed by atoms with Gasteiger partial charge in [0.25, 0.3) is 0 Å². The first-order valence-corrected chi connectivity index (χ1v) is 10.4. The normalized spacial score (nSPS) is 10.7. The zero-order valence-corrected chi connectivity index (χ0v) is 17.2. The molecule has 0 aliphatic carbocycles. The first-order chi connectivity index (χ1) is 14.2. The van der Waals surface area contributed by atoms with E-state index in [0.717, 1.165) is 17.7 Å². The van der Waals surface area contributed by atoms with Crippen LogP contribution in [0.2, 0.25) is 0 Å². The quantitative estimate of drug-likeness (QED) is 0.502. The van der Waals surface area contributed by atoms with Crippen LogP contribution in [0.5, 0.6) is 5.75 Å². The Balaban J connectivity index is 1.54. The molecule has 0 spiro atoms. The van der Waals surface area contributed by atoms with Crippen LogP contribution in [0, 0.1) is 0 Å². The zero-order chi connectivity index (χ0) is 20.5. The van der Waals surface area contributed by atoms with Gasteiger partial charge < -0.3 is 19.7 Å². The first-order valence-electron chi connectivity index (χ1n) is 9.41. The van der Waals surface area contributed by atoms with Crippen molar-refractivity contribution in [1.82, 2.24) is 14.9 Å². The van der Waals surface area contributed by atoms with E-state index < -0.39 is 0 Å². The Morgan fingerprint density at radius 1 is 1.14 bits per heavy atom. The van der Waals surface area contributed by atoms with E-state index in [9.17, 15) is 9.90 Å². The molecule has 0 saturated carbocycles. The van der Waals surface area contributed by atoms with Gasteiger partial charge >= 0.3 is 0 Å². The molecule has 0 saturated heterocycles. The van der Waals surface area contributed by atoms with E-state index in [1.54, 1.807) is 13.3 Å². The number of amides is 1. The fourth-order valence-corrected chi connectivity index (χ4v) is 3.72. The van der Waals surface area contributed by atoms with E-state index in [2.05, 4.69) is 10.3 Å². The van der Waals surface area contributed by atoms with E-state index in [1.165, 1.54) is 17.3 Å². The number of rotatable bonds is 10. The molecule has 6 nitrogen and oxygen atoms in total. The number of hydrogen-bond acceptors (Lipinski definition) is 5. The van der Waals surface area contributed by atoms with Gasteiger partial charge in [0, 0.05) is 13.1 Å². The molecule has 0 unspecified atom stereocenters. The number of carbonyl (C=O) groups excluding carboxylic acids is 1. The van der Waals surface area contributed by atoms with Crippen molar-refractivity contribution >= 4 is 17.7 Å². The zero-order valence-electron chi connectivity index (χ0n) is 16.4. The van der Waals surface area contributed by atoms with Crippen LogP contribution in [0.3, 0.4) is 0 Å². The predicted molar refractivity (Wildman–Crippen MR) is 114 cm³/mol. The molecule has 0 radical (unpaired) electrons. The van der Waals surface area contributed by atoms with E-state index in [-0.39, 0.29) is 18.3 Å². The van der Waals surface area contributed by atoms with Crippen molar-refractivity contribution in [3.8, 4) is 5.75 Å². The number of hydrogen-bond donors (Lipinski definition) is 2. The summed E-state index contributed by atoms with van der Waals surface area (Å²) in [6.45, 7) is 1.07. The molecule has 0 atom stereocenters. The molecule has 1 amide bonds. The lowest BCUT2D eigenvalue weighted by molar-refractivity contribution is -0.118. The van der Waals surface area contributed by atoms with Gasteiger partial charge in [0.05, 0.1) is 31.4 Å². The molecule has 0 bridgehead atoms. The Kier molecular flexibility index (Phi) is 7.72. The number of thioether (sulfide) groups is 1. The van der Waals surface area contributed by atoms with E-state index in [4.69, 9.17) is 4.74 Å². The van der Waals surface area contributed by atoms with E-state index in [1.807, 2.05) is 59.2 Å². The Bertz CT molecular complexity index is 911. The molecular weight excluding hydrogens is 386 g/mol. The van der Waals surface area contributed by atoms with Crippen molar-refractivity contribution < 1.29 is 14.6 Å². The highest BCUT2D eigenvalue weighted by atomic mass is 32.2. The molecule has 0 aliphatic rings. The number of carbonyl (C=O) groups is 1. The smallest absolute Gasteiger partial charge is 0.230 e. The number of nitrogens with zero attached hydrogens (tertiary/aromatic N) is 2. The topological polar surface area (TPSA) is 76.4 Å². The molecule has 1 heterocycles. The number of ether oxygens (including phenoxy) is 1. The van der Waals surface area contributed by atoms with Crippen LogP contribution in [-0.2, 0) is 24.4 Å². The summed E-state index contributed by atoms with van der Waals surface area (Å²) < 4.78 is 7.12. The first kappa shape index (κ1) is 21.0. The second-order valence-electron chi connectivity index (χ2n) is 6.50. The summed E-state index contributed by atoms with van der Waals surface area (Å²) in [7, 11) is 1.63. The minimum atomic E-state index is -0.104. The van der Waals surface area contributed by atoms with Gasteiger partial charge in [-0.25, -0.2) is 4.98 Å². The average Bonchev–Trinajstić information content (AvgIpc) is 3.15. The van der Waals surface area contributed by atoms with E-state index in [0.29, 0.717) is 23.9 Å². The van der Waals surface area contributed by atoms with Crippen LogP contribution >= 0.6 is 11.8 Å². The molecule has 29 heavy (non-hydrogen) atoms. The largest absolute Gasteiger partial charge is 0.497 e. The van der Waals surface area contributed by atoms with E-state index >= 15 is 0 Å². The van der Waals surface area contributed by atoms with Crippen molar-refractivity contribution in [3.05, 3.63) is 77.6 Å². The molecule has 2 aromatic carbocycles. The van der Waals surface area contributed by atoms with Crippen LogP contribution in [-0.4, -0.2) is 40.0 Å². The lowest BCUT2D eigenvalue weighted by Gasteiger charge is -2.11. The Hall–Kier alpha value is -2.77. The van der Waals surface area contributed by atoms with Crippen LogP contribution < -0.4 is 10.1 Å². The molecule has 152 valence electrons. The van der Waals surface area contributed by atoms with Crippen molar-refractivity contribution in [2.75, 3.05) is 19.4 Å². The highest BCUT2D eigenvalue weighted by Gasteiger charge is 2.12. The minimum Gasteiger partial charge on any atom is -0.497 e. The highest BCUT2D eigenvalue weighted by Crippen LogP contribution is 2.21. The van der Waals surface area contributed by atoms with Gasteiger partial charge in [0.1, 0.15) is 5.75 Å². The fourth-order valence-electron chi connectivity index (χ4n) is 2.89. The average molecular weight is 412 g/mol. The molecule has 3 aromatic rings. The Morgan fingerprint density at radius 3 is 2.59 bits per heavy atom. The molecular formula is C22H25N3O3S. The summed E-state index contributed by atoms with van der Waals surface area (Å²) in [5.41, 5.74) is 2.98. The summed E-state index contributed by atoms with van der Waals surface area (Å²) in [5.74, 6) is 1.04. The summed E-state index contributed by atoms with van der Waals surface area (Å²) in [4.78, 5) is 16.6. The molecule has 1 aromatic heterocycles. The number of aromatic nitrogens is 2. The van der Waals surface area contributed by atoms with Crippen LogP contribution in [0.4, 0.5) is 0 Å². The monoisotopic (exact) mass is 411 g/mol. The van der Waals surface area contributed by atoms with Gasteiger partial charge in [-0.1, -0.05) is 54.2 Å². The van der Waals surface area contributed by atoms with Crippen molar-refractivity contribution in [1.29, 1.82) is 0 Å². The van der Waals surface area contributed by atoms with Gasteiger partial charge in [-0.3, -0.25) is 4.79 Å². The van der Waals surface area contributed by atoms with Gasteiger partial charge in [0.2, 0.25) is 5.91 Å². The molecule has 0 aliphatic heterocycles. The Labute approximate surface area is 174 Å². The van der Waals surface area contributed by atoms with Gasteiger partial charge in [-0.2, -0.15) is 0 Å². The Morgan fingerprint density at radius 2 is 1.90 bits per heavy atom. The summed E-state index contributed by atoms with van der Waals surface area (Å²) in [6.07, 6.45) is 2.46. The third-order valence-electron chi connectivity index (χ3n) is 4.47.